The quantitative estimate of drug-likeness (QED) is 0.853. The van der Waals surface area contributed by atoms with Gasteiger partial charge in [0.2, 0.25) is 11.2 Å². The number of carbonyl (C=O) groups is 1. The third kappa shape index (κ3) is 2.66. The fourth-order valence-corrected chi connectivity index (χ4v) is 6.19. The second-order valence-electron chi connectivity index (χ2n) is 8.50. The molecule has 4 saturated carbocycles. The molecule has 142 valence electrons. The Kier molecular flexibility index (Phi) is 3.63. The van der Waals surface area contributed by atoms with Gasteiger partial charge in [-0.05, 0) is 74.1 Å². The summed E-state index contributed by atoms with van der Waals surface area (Å²) in [6.45, 7) is 0. The van der Waals surface area contributed by atoms with Crippen LogP contribution in [0.15, 0.2) is 24.5 Å². The van der Waals surface area contributed by atoms with E-state index in [0.717, 1.165) is 44.2 Å². The van der Waals surface area contributed by atoms with Gasteiger partial charge in [-0.1, -0.05) is 0 Å². The Morgan fingerprint density at radius 1 is 1.22 bits per heavy atom. The van der Waals surface area contributed by atoms with Crippen molar-refractivity contribution in [2.24, 2.45) is 17.3 Å². The Hall–Kier alpha value is -2.02. The zero-order chi connectivity index (χ0) is 18.8. The van der Waals surface area contributed by atoms with Gasteiger partial charge < -0.3 is 5.32 Å². The van der Waals surface area contributed by atoms with Gasteiger partial charge >= 0.3 is 0 Å². The molecule has 2 aromatic rings. The van der Waals surface area contributed by atoms with Gasteiger partial charge in [-0.15, -0.1) is 5.10 Å². The van der Waals surface area contributed by atoms with E-state index >= 15 is 0 Å². The molecule has 4 bridgehead atoms. The Morgan fingerprint density at radius 3 is 2.59 bits per heavy atom. The van der Waals surface area contributed by atoms with Gasteiger partial charge in [0, 0.05) is 6.07 Å². The van der Waals surface area contributed by atoms with Crippen LogP contribution < -0.4 is 5.32 Å². The maximum absolute atomic E-state index is 14.0. The van der Waals surface area contributed by atoms with Crippen molar-refractivity contribution in [1.29, 1.82) is 0 Å². The van der Waals surface area contributed by atoms with E-state index in [2.05, 4.69) is 15.4 Å². The van der Waals surface area contributed by atoms with Crippen LogP contribution in [0.2, 0.25) is 5.28 Å². The molecule has 4 aliphatic rings. The fraction of sp³-hybridized carbons (Fsp3) is 0.526. The van der Waals surface area contributed by atoms with Crippen molar-refractivity contribution in [3.63, 3.8) is 0 Å². The van der Waals surface area contributed by atoms with Gasteiger partial charge in [-0.25, -0.2) is 18.4 Å². The third-order valence-corrected chi connectivity index (χ3v) is 6.81. The van der Waals surface area contributed by atoms with E-state index in [1.54, 1.807) is 6.33 Å². The molecule has 4 fully saturated rings. The molecule has 0 saturated heterocycles. The highest BCUT2D eigenvalue weighted by molar-refractivity contribution is 6.28. The number of aromatic nitrogens is 3. The summed E-state index contributed by atoms with van der Waals surface area (Å²) in [4.78, 5) is 17.3. The van der Waals surface area contributed by atoms with Crippen molar-refractivity contribution < 1.29 is 13.6 Å². The van der Waals surface area contributed by atoms with Crippen LogP contribution in [0.3, 0.4) is 0 Å². The standard InChI is InChI=1S/C19H19ClF2N4O/c20-17-23-10-26(25-17)19-7-11-3-12(8-19)6-18(5-11,9-19)16(27)24-15-2-1-13(21)4-14(15)22/h1-2,4,10-12H,3,5-9H2,(H,24,27). The molecule has 4 aliphatic carbocycles. The molecule has 2 atom stereocenters. The first-order valence-corrected chi connectivity index (χ1v) is 9.60. The van der Waals surface area contributed by atoms with Crippen LogP contribution in [0.5, 0.6) is 0 Å². The van der Waals surface area contributed by atoms with Crippen molar-refractivity contribution in [3.8, 4) is 0 Å². The van der Waals surface area contributed by atoms with Crippen LogP contribution >= 0.6 is 11.6 Å². The largest absolute Gasteiger partial charge is 0.323 e. The lowest BCUT2D eigenvalue weighted by Crippen LogP contribution is -2.60. The molecule has 6 rings (SSSR count). The van der Waals surface area contributed by atoms with Crippen molar-refractivity contribution in [2.75, 3.05) is 5.32 Å². The molecule has 0 spiro atoms. The molecule has 1 amide bonds. The molecule has 1 aromatic heterocycles. The number of carbonyl (C=O) groups excluding carboxylic acids is 1. The van der Waals surface area contributed by atoms with Gasteiger partial charge in [-0.3, -0.25) is 4.79 Å². The summed E-state index contributed by atoms with van der Waals surface area (Å²) in [5.41, 5.74) is -0.804. The monoisotopic (exact) mass is 392 g/mol. The van der Waals surface area contributed by atoms with Gasteiger partial charge in [-0.2, -0.15) is 0 Å². The number of nitrogens with one attached hydrogen (secondary N) is 1. The van der Waals surface area contributed by atoms with Crippen molar-refractivity contribution in [1.82, 2.24) is 14.8 Å². The maximum atomic E-state index is 14.0. The smallest absolute Gasteiger partial charge is 0.242 e. The Bertz CT molecular complexity index is 916. The van der Waals surface area contributed by atoms with Crippen LogP contribution in [-0.4, -0.2) is 20.7 Å². The average Bonchev–Trinajstić information content (AvgIpc) is 3.03. The zero-order valence-corrected chi connectivity index (χ0v) is 15.3. The lowest BCUT2D eigenvalue weighted by atomic mass is 9.46. The normalized spacial score (nSPS) is 34.0. The Balaban J connectivity index is 1.47. The van der Waals surface area contributed by atoms with Gasteiger partial charge in [0.1, 0.15) is 18.0 Å². The minimum atomic E-state index is -0.758. The lowest BCUT2D eigenvalue weighted by Gasteiger charge is -2.60. The summed E-state index contributed by atoms with van der Waals surface area (Å²) in [6, 6.07) is 3.21. The van der Waals surface area contributed by atoms with Crippen LogP contribution in [0, 0.1) is 28.9 Å². The minimum absolute atomic E-state index is 0.0231. The van der Waals surface area contributed by atoms with Crippen molar-refractivity contribution in [2.45, 2.75) is 44.1 Å². The second kappa shape index (κ2) is 5.74. The molecule has 1 heterocycles. The number of halogens is 3. The number of benzene rings is 1. The van der Waals surface area contributed by atoms with Gasteiger partial charge in [0.05, 0.1) is 16.6 Å². The summed E-state index contributed by atoms with van der Waals surface area (Å²) in [6.07, 6.45) is 6.92. The number of hydrogen-bond donors (Lipinski definition) is 1. The summed E-state index contributed by atoms with van der Waals surface area (Å²) >= 11 is 5.94. The Morgan fingerprint density at radius 2 is 1.96 bits per heavy atom. The predicted octanol–water partition coefficient (Wildman–Crippen LogP) is 4.14. The highest BCUT2D eigenvalue weighted by atomic mass is 35.5. The van der Waals surface area contributed by atoms with Crippen LogP contribution in [0.4, 0.5) is 14.5 Å². The van der Waals surface area contributed by atoms with E-state index in [0.29, 0.717) is 18.3 Å². The molecule has 0 radical (unpaired) electrons. The zero-order valence-electron chi connectivity index (χ0n) is 14.6. The van der Waals surface area contributed by atoms with Crippen molar-refractivity contribution in [3.05, 3.63) is 41.4 Å². The summed E-state index contributed by atoms with van der Waals surface area (Å²) < 4.78 is 29.0. The summed E-state index contributed by atoms with van der Waals surface area (Å²) in [5.74, 6) is -0.748. The first-order valence-electron chi connectivity index (χ1n) is 9.22. The second-order valence-corrected chi connectivity index (χ2v) is 8.84. The van der Waals surface area contributed by atoms with E-state index < -0.39 is 17.0 Å². The number of rotatable bonds is 3. The highest BCUT2D eigenvalue weighted by Crippen LogP contribution is 2.64. The fourth-order valence-electron chi connectivity index (χ4n) is 6.07. The minimum Gasteiger partial charge on any atom is -0.323 e. The number of hydrogen-bond acceptors (Lipinski definition) is 3. The first-order chi connectivity index (χ1) is 12.9. The summed E-state index contributed by atoms with van der Waals surface area (Å²) in [5, 5.41) is 7.26. The summed E-state index contributed by atoms with van der Waals surface area (Å²) in [7, 11) is 0. The number of anilines is 1. The molecule has 1 aromatic carbocycles. The van der Waals surface area contributed by atoms with Crippen LogP contribution in [-0.2, 0) is 10.3 Å². The molecular formula is C19H19ClF2N4O. The molecule has 5 nitrogen and oxygen atoms in total. The van der Waals surface area contributed by atoms with E-state index in [1.165, 1.54) is 6.07 Å². The van der Waals surface area contributed by atoms with Crippen molar-refractivity contribution >= 4 is 23.2 Å². The van der Waals surface area contributed by atoms with Crippen LogP contribution in [0.25, 0.3) is 0 Å². The maximum Gasteiger partial charge on any atom is 0.242 e. The topological polar surface area (TPSA) is 59.8 Å². The lowest BCUT2D eigenvalue weighted by molar-refractivity contribution is -0.150. The molecule has 27 heavy (non-hydrogen) atoms. The van der Waals surface area contributed by atoms with Crippen LogP contribution in [0.1, 0.15) is 38.5 Å². The average molecular weight is 393 g/mol. The van der Waals surface area contributed by atoms with Gasteiger partial charge in [0.15, 0.2) is 0 Å². The molecule has 8 heteroatoms. The highest BCUT2D eigenvalue weighted by Gasteiger charge is 2.61. The molecule has 2 unspecified atom stereocenters. The molecular weight excluding hydrogens is 374 g/mol. The predicted molar refractivity (Wildman–Crippen MR) is 95.1 cm³/mol. The number of nitrogens with zero attached hydrogens (tertiary/aromatic N) is 3. The SMILES string of the molecule is O=C(Nc1ccc(F)cc1F)C12CC3CC(C1)CC(n1cnc(Cl)n1)(C3)C2. The van der Waals surface area contributed by atoms with E-state index in [-0.39, 0.29) is 22.4 Å². The first kappa shape index (κ1) is 17.1. The van der Waals surface area contributed by atoms with E-state index in [9.17, 15) is 13.6 Å². The number of amides is 1. The van der Waals surface area contributed by atoms with E-state index in [1.807, 2.05) is 4.68 Å². The van der Waals surface area contributed by atoms with Gasteiger partial charge in [0.25, 0.3) is 0 Å². The molecule has 0 aliphatic heterocycles. The Labute approximate surface area is 160 Å². The molecule has 1 N–H and O–H groups in total. The third-order valence-electron chi connectivity index (χ3n) is 6.64. The van der Waals surface area contributed by atoms with E-state index in [4.69, 9.17) is 11.6 Å².